The van der Waals surface area contributed by atoms with Gasteiger partial charge < -0.3 is 9.47 Å². The second-order valence-corrected chi connectivity index (χ2v) is 10.6. The molecule has 202 valence electrons. The summed E-state index contributed by atoms with van der Waals surface area (Å²) in [6, 6.07) is 22.1. The van der Waals surface area contributed by atoms with E-state index in [2.05, 4.69) is 17.1 Å². The molecule has 0 fully saturated rings. The molecular formula is C31H31ClFN3O2S. The first kappa shape index (κ1) is 28.6. The first-order valence-electron chi connectivity index (χ1n) is 13.0. The lowest BCUT2D eigenvalue weighted by Gasteiger charge is -2.24. The smallest absolute Gasteiger partial charge is 0.276 e. The molecule has 8 heteroatoms. The number of rotatable bonds is 11. The number of thioether (sulfide) groups is 1. The Kier molecular flexibility index (Phi) is 9.96. The molecule has 4 aromatic rings. The van der Waals surface area contributed by atoms with Crippen LogP contribution in [0, 0.1) is 5.82 Å². The maximum Gasteiger partial charge on any atom is 0.276 e. The normalized spacial score (nSPS) is 11.0. The van der Waals surface area contributed by atoms with Crippen molar-refractivity contribution in [3.05, 3.63) is 117 Å². The molecule has 0 radical (unpaired) electrons. The monoisotopic (exact) mass is 563 g/mol. The first-order valence-corrected chi connectivity index (χ1v) is 14.3. The Balaban J connectivity index is 1.50. The third kappa shape index (κ3) is 7.80. The molecule has 0 N–H and O–H groups in total. The fourth-order valence-corrected chi connectivity index (χ4v) is 5.24. The van der Waals surface area contributed by atoms with Crippen molar-refractivity contribution in [3.63, 3.8) is 0 Å². The van der Waals surface area contributed by atoms with Crippen LogP contribution < -0.4 is 5.56 Å². The molecule has 0 aliphatic carbocycles. The van der Waals surface area contributed by atoms with Crippen molar-refractivity contribution >= 4 is 29.3 Å². The molecule has 1 heterocycles. The Morgan fingerprint density at radius 3 is 2.18 bits per heavy atom. The minimum Gasteiger partial charge on any atom is -0.337 e. The van der Waals surface area contributed by atoms with E-state index in [1.807, 2.05) is 55.1 Å². The Labute approximate surface area is 237 Å². The van der Waals surface area contributed by atoms with Crippen molar-refractivity contribution in [2.45, 2.75) is 50.7 Å². The number of hydrogen-bond acceptors (Lipinski definition) is 4. The van der Waals surface area contributed by atoms with Gasteiger partial charge in [0, 0.05) is 35.6 Å². The highest BCUT2D eigenvalue weighted by atomic mass is 35.5. The Morgan fingerprint density at radius 2 is 1.56 bits per heavy atom. The highest BCUT2D eigenvalue weighted by molar-refractivity contribution is 7.98. The van der Waals surface area contributed by atoms with Crippen LogP contribution in [0.5, 0.6) is 0 Å². The quantitative estimate of drug-likeness (QED) is 0.146. The van der Waals surface area contributed by atoms with Crippen LogP contribution in [0.1, 0.15) is 37.0 Å². The molecule has 0 aliphatic rings. The van der Waals surface area contributed by atoms with Crippen molar-refractivity contribution in [1.29, 1.82) is 0 Å². The molecule has 5 nitrogen and oxygen atoms in total. The van der Waals surface area contributed by atoms with Crippen LogP contribution >= 0.6 is 23.4 Å². The van der Waals surface area contributed by atoms with Crippen LogP contribution in [0.15, 0.2) is 88.9 Å². The minimum atomic E-state index is -0.299. The van der Waals surface area contributed by atoms with Gasteiger partial charge in [-0.3, -0.25) is 9.59 Å². The lowest BCUT2D eigenvalue weighted by atomic mass is 10.0. The Hall–Kier alpha value is -3.42. The predicted molar refractivity (Wildman–Crippen MR) is 156 cm³/mol. The highest BCUT2D eigenvalue weighted by Crippen LogP contribution is 2.23. The van der Waals surface area contributed by atoms with E-state index in [1.165, 1.54) is 23.9 Å². The summed E-state index contributed by atoms with van der Waals surface area (Å²) in [6.45, 7) is 5.12. The molecule has 1 aromatic heterocycles. The molecule has 4 rings (SSSR count). The van der Waals surface area contributed by atoms with Crippen LogP contribution in [0.25, 0.3) is 11.1 Å². The molecule has 0 bridgehead atoms. The maximum atomic E-state index is 13.5. The highest BCUT2D eigenvalue weighted by Gasteiger charge is 2.17. The molecular weight excluding hydrogens is 533 g/mol. The molecule has 39 heavy (non-hydrogen) atoms. The molecule has 0 aliphatic heterocycles. The fraction of sp³-hybridized carbons (Fsp3) is 0.258. The van der Waals surface area contributed by atoms with Gasteiger partial charge in [-0.25, -0.2) is 4.39 Å². The summed E-state index contributed by atoms with van der Waals surface area (Å²) in [7, 11) is 0. The number of hydrogen-bond donors (Lipinski definition) is 0. The van der Waals surface area contributed by atoms with Gasteiger partial charge in [-0.15, -0.1) is 0 Å². The summed E-state index contributed by atoms with van der Waals surface area (Å²) < 4.78 is 15.1. The fourth-order valence-electron chi connectivity index (χ4n) is 4.19. The largest absolute Gasteiger partial charge is 0.337 e. The van der Waals surface area contributed by atoms with Gasteiger partial charge in [-0.2, -0.15) is 4.98 Å². The lowest BCUT2D eigenvalue weighted by molar-refractivity contribution is -0.132. The second-order valence-electron chi connectivity index (χ2n) is 9.27. The van der Waals surface area contributed by atoms with E-state index >= 15 is 0 Å². The van der Waals surface area contributed by atoms with Gasteiger partial charge in [-0.1, -0.05) is 85.7 Å². The van der Waals surface area contributed by atoms with Gasteiger partial charge in [0.25, 0.3) is 5.56 Å². The third-order valence-electron chi connectivity index (χ3n) is 6.35. The average Bonchev–Trinajstić information content (AvgIpc) is 2.94. The van der Waals surface area contributed by atoms with E-state index in [-0.39, 0.29) is 23.8 Å². The topological polar surface area (TPSA) is 55.2 Å². The van der Waals surface area contributed by atoms with Crippen LogP contribution in [0.2, 0.25) is 5.02 Å². The van der Waals surface area contributed by atoms with Gasteiger partial charge in [0.1, 0.15) is 12.4 Å². The first-order chi connectivity index (χ1) is 18.9. The van der Waals surface area contributed by atoms with Crippen molar-refractivity contribution in [2.24, 2.45) is 0 Å². The van der Waals surface area contributed by atoms with Crippen molar-refractivity contribution < 1.29 is 9.18 Å². The minimum absolute atomic E-state index is 0.0465. The third-order valence-corrected chi connectivity index (χ3v) is 7.66. The number of aromatic nitrogens is 2. The average molecular weight is 564 g/mol. The molecule has 0 unspecified atom stereocenters. The summed E-state index contributed by atoms with van der Waals surface area (Å²) >= 11 is 7.37. The van der Waals surface area contributed by atoms with Gasteiger partial charge in [-0.05, 0) is 59.4 Å². The Morgan fingerprint density at radius 1 is 0.949 bits per heavy atom. The van der Waals surface area contributed by atoms with Gasteiger partial charge in [0.05, 0.1) is 0 Å². The summed E-state index contributed by atoms with van der Waals surface area (Å²) in [6.07, 6.45) is 3.09. The van der Waals surface area contributed by atoms with Crippen LogP contribution in [-0.2, 0) is 30.1 Å². The zero-order valence-corrected chi connectivity index (χ0v) is 23.6. The summed E-state index contributed by atoms with van der Waals surface area (Å²) in [4.78, 5) is 32.1. The number of benzene rings is 3. The van der Waals surface area contributed by atoms with E-state index in [1.54, 1.807) is 22.9 Å². The standard InChI is InChI=1S/C31H31ClFN3O2S/c1-3-17-35(18-22-5-9-25(10-6-22)26-11-13-27(32)14-12-26)29(37)20-36-19-24(4-2)30(38)34-31(36)39-21-23-7-15-28(33)16-8-23/h5-16,19H,3-4,17-18,20-21H2,1-2H3. The SMILES string of the molecule is CCCN(Cc1ccc(-c2ccc(Cl)cc2)cc1)C(=O)Cn1cc(CC)c(=O)nc1SCc1ccc(F)cc1. The summed E-state index contributed by atoms with van der Waals surface area (Å²) in [5.74, 6) is 0.160. The molecule has 0 saturated heterocycles. The molecule has 0 spiro atoms. The van der Waals surface area contributed by atoms with E-state index in [0.717, 1.165) is 28.7 Å². The number of amides is 1. The van der Waals surface area contributed by atoms with Gasteiger partial charge in [0.15, 0.2) is 5.16 Å². The van der Waals surface area contributed by atoms with Crippen LogP contribution in [-0.4, -0.2) is 26.9 Å². The number of nitrogens with zero attached hydrogens (tertiary/aromatic N) is 3. The van der Waals surface area contributed by atoms with Gasteiger partial charge in [0.2, 0.25) is 5.91 Å². The zero-order valence-electron chi connectivity index (χ0n) is 22.1. The van der Waals surface area contributed by atoms with Crippen molar-refractivity contribution in [2.75, 3.05) is 6.54 Å². The zero-order chi connectivity index (χ0) is 27.8. The molecule has 0 saturated carbocycles. The van der Waals surface area contributed by atoms with Crippen LogP contribution in [0.3, 0.4) is 0 Å². The van der Waals surface area contributed by atoms with E-state index in [0.29, 0.717) is 41.0 Å². The molecule has 3 aromatic carbocycles. The second kappa shape index (κ2) is 13.6. The summed E-state index contributed by atoms with van der Waals surface area (Å²) in [5.41, 5.74) is 4.38. The molecule has 0 atom stereocenters. The van der Waals surface area contributed by atoms with E-state index in [4.69, 9.17) is 11.6 Å². The van der Waals surface area contributed by atoms with Crippen molar-refractivity contribution in [3.8, 4) is 11.1 Å². The molecule has 1 amide bonds. The lowest BCUT2D eigenvalue weighted by Crippen LogP contribution is -2.35. The number of aryl methyl sites for hydroxylation is 1. The predicted octanol–water partition coefficient (Wildman–Crippen LogP) is 7.00. The van der Waals surface area contributed by atoms with E-state index < -0.39 is 0 Å². The van der Waals surface area contributed by atoms with Crippen LogP contribution in [0.4, 0.5) is 4.39 Å². The van der Waals surface area contributed by atoms with Gasteiger partial charge >= 0.3 is 0 Å². The number of carbonyl (C=O) groups is 1. The maximum absolute atomic E-state index is 13.5. The summed E-state index contributed by atoms with van der Waals surface area (Å²) in [5, 5.41) is 1.17. The number of carbonyl (C=O) groups excluding carboxylic acids is 1. The van der Waals surface area contributed by atoms with Crippen molar-refractivity contribution in [1.82, 2.24) is 14.5 Å². The van der Waals surface area contributed by atoms with E-state index in [9.17, 15) is 14.0 Å². The Bertz CT molecular complexity index is 1460. The number of halogens is 2.